The van der Waals surface area contributed by atoms with Crippen molar-refractivity contribution >= 4 is 0 Å². The van der Waals surface area contributed by atoms with Crippen molar-refractivity contribution in [1.29, 1.82) is 0 Å². The van der Waals surface area contributed by atoms with E-state index in [9.17, 15) is 0 Å². The summed E-state index contributed by atoms with van der Waals surface area (Å²) in [5, 5.41) is 17.7. The molecule has 1 rings (SSSR count). The van der Waals surface area contributed by atoms with Crippen LogP contribution in [0.4, 0.5) is 0 Å². The number of aliphatic hydroxyl groups is 2. The van der Waals surface area contributed by atoms with Gasteiger partial charge in [-0.2, -0.15) is 0 Å². The molecule has 0 unspecified atom stereocenters. The summed E-state index contributed by atoms with van der Waals surface area (Å²) in [6.45, 7) is 0.601. The second-order valence-corrected chi connectivity index (χ2v) is 2.30. The fourth-order valence-electron chi connectivity index (χ4n) is 0.999. The molecule has 0 aliphatic carbocycles. The monoisotopic (exact) mass is 132 g/mol. The summed E-state index contributed by atoms with van der Waals surface area (Å²) in [6, 6.07) is 0. The van der Waals surface area contributed by atoms with Crippen LogP contribution in [-0.2, 0) is 4.74 Å². The Kier molecular flexibility index (Phi) is 2.45. The van der Waals surface area contributed by atoms with E-state index in [0.717, 1.165) is 12.8 Å². The van der Waals surface area contributed by atoms with Gasteiger partial charge in [-0.05, 0) is 12.8 Å². The quantitative estimate of drug-likeness (QED) is 0.506. The van der Waals surface area contributed by atoms with Crippen LogP contribution in [0.1, 0.15) is 12.8 Å². The van der Waals surface area contributed by atoms with Gasteiger partial charge < -0.3 is 14.9 Å². The SMILES string of the molecule is OC[C@@H]1OCCC[C@H]1O. The average molecular weight is 132 g/mol. The van der Waals surface area contributed by atoms with Crippen molar-refractivity contribution in [3.05, 3.63) is 0 Å². The summed E-state index contributed by atoms with van der Waals surface area (Å²) in [5.74, 6) is 0. The van der Waals surface area contributed by atoms with E-state index in [-0.39, 0.29) is 12.7 Å². The van der Waals surface area contributed by atoms with Crippen LogP contribution in [0.5, 0.6) is 0 Å². The lowest BCUT2D eigenvalue weighted by Gasteiger charge is -2.25. The Labute approximate surface area is 54.3 Å². The molecule has 2 atom stereocenters. The standard InChI is InChI=1S/C6H12O3/c7-4-6-5(8)2-1-3-9-6/h5-8H,1-4H2/t5-,6+/m1/s1. The fourth-order valence-corrected chi connectivity index (χ4v) is 0.999. The molecule has 2 N–H and O–H groups in total. The third-order valence-corrected chi connectivity index (χ3v) is 1.59. The molecule has 0 aromatic rings. The van der Waals surface area contributed by atoms with Crippen LogP contribution in [0.15, 0.2) is 0 Å². The van der Waals surface area contributed by atoms with Crippen molar-refractivity contribution in [2.24, 2.45) is 0 Å². The van der Waals surface area contributed by atoms with Crippen LogP contribution in [0.2, 0.25) is 0 Å². The predicted molar refractivity (Wildman–Crippen MR) is 32.1 cm³/mol. The third-order valence-electron chi connectivity index (χ3n) is 1.59. The summed E-state index contributed by atoms with van der Waals surface area (Å²) in [4.78, 5) is 0. The van der Waals surface area contributed by atoms with Crippen LogP contribution in [0.25, 0.3) is 0 Å². The fraction of sp³-hybridized carbons (Fsp3) is 1.00. The Hall–Kier alpha value is -0.120. The molecule has 3 nitrogen and oxygen atoms in total. The first-order valence-corrected chi connectivity index (χ1v) is 3.25. The van der Waals surface area contributed by atoms with E-state index >= 15 is 0 Å². The van der Waals surface area contributed by atoms with Crippen molar-refractivity contribution in [2.45, 2.75) is 25.0 Å². The second kappa shape index (κ2) is 3.15. The Morgan fingerprint density at radius 3 is 2.78 bits per heavy atom. The molecular formula is C6H12O3. The molecular weight excluding hydrogens is 120 g/mol. The van der Waals surface area contributed by atoms with E-state index in [4.69, 9.17) is 14.9 Å². The van der Waals surface area contributed by atoms with Gasteiger partial charge in [0.15, 0.2) is 0 Å². The van der Waals surface area contributed by atoms with Crippen LogP contribution in [0.3, 0.4) is 0 Å². The largest absolute Gasteiger partial charge is 0.394 e. The molecule has 0 amide bonds. The van der Waals surface area contributed by atoms with Gasteiger partial charge in [0, 0.05) is 6.61 Å². The second-order valence-electron chi connectivity index (χ2n) is 2.30. The zero-order chi connectivity index (χ0) is 6.69. The van der Waals surface area contributed by atoms with Crippen molar-refractivity contribution in [1.82, 2.24) is 0 Å². The van der Waals surface area contributed by atoms with Crippen molar-refractivity contribution in [3.8, 4) is 0 Å². The van der Waals surface area contributed by atoms with Crippen molar-refractivity contribution in [2.75, 3.05) is 13.2 Å². The summed E-state index contributed by atoms with van der Waals surface area (Å²) in [6.07, 6.45) is 0.866. The molecule has 9 heavy (non-hydrogen) atoms. The van der Waals surface area contributed by atoms with Gasteiger partial charge in [0.2, 0.25) is 0 Å². The molecule has 1 fully saturated rings. The van der Waals surface area contributed by atoms with E-state index < -0.39 is 6.10 Å². The minimum absolute atomic E-state index is 0.0683. The molecule has 1 aliphatic heterocycles. The predicted octanol–water partition coefficient (Wildman–Crippen LogP) is -0.481. The molecule has 1 saturated heterocycles. The zero-order valence-corrected chi connectivity index (χ0v) is 5.29. The summed E-state index contributed by atoms with van der Waals surface area (Å²) in [7, 11) is 0. The molecule has 3 heteroatoms. The van der Waals surface area contributed by atoms with Gasteiger partial charge in [-0.15, -0.1) is 0 Å². The maximum atomic E-state index is 9.08. The van der Waals surface area contributed by atoms with E-state index in [1.807, 2.05) is 0 Å². The number of hydrogen-bond donors (Lipinski definition) is 2. The normalized spacial score (nSPS) is 36.7. The Balaban J connectivity index is 2.30. The lowest BCUT2D eigenvalue weighted by atomic mass is 10.1. The molecule has 0 aromatic heterocycles. The topological polar surface area (TPSA) is 49.7 Å². The van der Waals surface area contributed by atoms with Gasteiger partial charge >= 0.3 is 0 Å². The highest BCUT2D eigenvalue weighted by atomic mass is 16.5. The molecule has 54 valence electrons. The average Bonchev–Trinajstić information content (AvgIpc) is 1.89. The Morgan fingerprint density at radius 1 is 1.56 bits per heavy atom. The van der Waals surface area contributed by atoms with Crippen LogP contribution in [-0.4, -0.2) is 35.6 Å². The molecule has 0 radical (unpaired) electrons. The van der Waals surface area contributed by atoms with E-state index in [1.54, 1.807) is 0 Å². The van der Waals surface area contributed by atoms with Crippen LogP contribution < -0.4 is 0 Å². The van der Waals surface area contributed by atoms with Gasteiger partial charge in [0.1, 0.15) is 6.10 Å². The first-order chi connectivity index (χ1) is 4.34. The van der Waals surface area contributed by atoms with E-state index in [0.29, 0.717) is 6.61 Å². The van der Waals surface area contributed by atoms with Crippen molar-refractivity contribution in [3.63, 3.8) is 0 Å². The maximum absolute atomic E-state index is 9.08. The summed E-state index contributed by atoms with van der Waals surface area (Å²) < 4.78 is 5.04. The highest BCUT2D eigenvalue weighted by Gasteiger charge is 2.22. The molecule has 1 heterocycles. The zero-order valence-electron chi connectivity index (χ0n) is 5.29. The number of rotatable bonds is 1. The smallest absolute Gasteiger partial charge is 0.106 e. The number of ether oxygens (including phenoxy) is 1. The highest BCUT2D eigenvalue weighted by Crippen LogP contribution is 2.12. The van der Waals surface area contributed by atoms with Gasteiger partial charge in [-0.3, -0.25) is 0 Å². The molecule has 0 bridgehead atoms. The van der Waals surface area contributed by atoms with Gasteiger partial charge in [0.05, 0.1) is 12.7 Å². The number of aliphatic hydroxyl groups excluding tert-OH is 2. The minimum atomic E-state index is -0.455. The lowest BCUT2D eigenvalue weighted by Crippen LogP contribution is -2.36. The van der Waals surface area contributed by atoms with E-state index in [2.05, 4.69) is 0 Å². The Morgan fingerprint density at radius 2 is 2.33 bits per heavy atom. The molecule has 0 saturated carbocycles. The molecule has 1 aliphatic rings. The van der Waals surface area contributed by atoms with Gasteiger partial charge in [0.25, 0.3) is 0 Å². The first-order valence-electron chi connectivity index (χ1n) is 3.25. The lowest BCUT2D eigenvalue weighted by molar-refractivity contribution is -0.0942. The van der Waals surface area contributed by atoms with Crippen LogP contribution >= 0.6 is 0 Å². The maximum Gasteiger partial charge on any atom is 0.106 e. The Bertz CT molecular complexity index is 84.4. The van der Waals surface area contributed by atoms with E-state index in [1.165, 1.54) is 0 Å². The summed E-state index contributed by atoms with van der Waals surface area (Å²) >= 11 is 0. The van der Waals surface area contributed by atoms with Crippen molar-refractivity contribution < 1.29 is 14.9 Å². The third kappa shape index (κ3) is 1.64. The number of hydrogen-bond acceptors (Lipinski definition) is 3. The first kappa shape index (κ1) is 6.99. The minimum Gasteiger partial charge on any atom is -0.394 e. The van der Waals surface area contributed by atoms with Crippen LogP contribution in [0, 0.1) is 0 Å². The highest BCUT2D eigenvalue weighted by molar-refractivity contribution is 4.71. The summed E-state index contributed by atoms with van der Waals surface area (Å²) in [5.41, 5.74) is 0. The molecule has 0 spiro atoms. The van der Waals surface area contributed by atoms with Gasteiger partial charge in [-0.1, -0.05) is 0 Å². The van der Waals surface area contributed by atoms with Gasteiger partial charge in [-0.25, -0.2) is 0 Å². The molecule has 0 aromatic carbocycles.